The predicted octanol–water partition coefficient (Wildman–Crippen LogP) is 3.14. The largest absolute Gasteiger partial charge is 0.314 e. The smallest absolute Gasteiger partial charge is 0.0237 e. The average molecular weight is 258 g/mol. The zero-order chi connectivity index (χ0) is 12.9. The zero-order valence-corrected chi connectivity index (χ0v) is 11.9. The Hall–Kier alpha value is -0.860. The van der Waals surface area contributed by atoms with Crippen molar-refractivity contribution >= 4 is 0 Å². The van der Waals surface area contributed by atoms with Gasteiger partial charge in [0.1, 0.15) is 0 Å². The fraction of sp³-hybridized carbons (Fsp3) is 0.647. The van der Waals surface area contributed by atoms with Crippen molar-refractivity contribution in [3.8, 4) is 0 Å². The molecule has 1 aromatic rings. The van der Waals surface area contributed by atoms with Gasteiger partial charge in [-0.05, 0) is 29.9 Å². The molecule has 0 bridgehead atoms. The highest BCUT2D eigenvalue weighted by Gasteiger charge is 2.19. The van der Waals surface area contributed by atoms with Gasteiger partial charge < -0.3 is 5.32 Å². The van der Waals surface area contributed by atoms with E-state index in [0.717, 1.165) is 25.6 Å². The highest BCUT2D eigenvalue weighted by molar-refractivity contribution is 5.30. The second kappa shape index (κ2) is 6.53. The van der Waals surface area contributed by atoms with E-state index in [4.69, 9.17) is 0 Å². The van der Waals surface area contributed by atoms with Gasteiger partial charge in [0.2, 0.25) is 0 Å². The Bertz CT molecular complexity index is 390. The molecule has 2 fully saturated rings. The summed E-state index contributed by atoms with van der Waals surface area (Å²) in [6.45, 7) is 5.82. The summed E-state index contributed by atoms with van der Waals surface area (Å²) in [6.07, 6.45) is 7.09. The number of benzene rings is 1. The van der Waals surface area contributed by atoms with E-state index in [1.165, 1.54) is 45.2 Å². The van der Waals surface area contributed by atoms with Crippen LogP contribution in [0.25, 0.3) is 0 Å². The lowest BCUT2D eigenvalue weighted by Crippen LogP contribution is -2.43. The van der Waals surface area contributed by atoms with Crippen molar-refractivity contribution in [1.82, 2.24) is 10.2 Å². The lowest BCUT2D eigenvalue weighted by atomic mass is 9.82. The van der Waals surface area contributed by atoms with Crippen LogP contribution in [0.2, 0.25) is 0 Å². The Morgan fingerprint density at radius 3 is 2.53 bits per heavy atom. The molecule has 1 aliphatic carbocycles. The molecule has 104 valence electrons. The van der Waals surface area contributed by atoms with E-state index in [0.29, 0.717) is 0 Å². The summed E-state index contributed by atoms with van der Waals surface area (Å²) in [5.74, 6) is 0.827. The molecule has 0 atom stereocenters. The van der Waals surface area contributed by atoms with Gasteiger partial charge in [-0.2, -0.15) is 0 Å². The summed E-state index contributed by atoms with van der Waals surface area (Å²) in [5, 5.41) is 3.44. The molecule has 0 amide bonds. The SMILES string of the molecule is c1ccc(C2CCCCC2)c(CN2CCNCC2)c1. The summed E-state index contributed by atoms with van der Waals surface area (Å²) in [6, 6.07) is 9.18. The number of rotatable bonds is 3. The zero-order valence-electron chi connectivity index (χ0n) is 11.9. The van der Waals surface area contributed by atoms with E-state index < -0.39 is 0 Å². The topological polar surface area (TPSA) is 15.3 Å². The first-order chi connectivity index (χ1) is 9.43. The molecule has 0 spiro atoms. The monoisotopic (exact) mass is 258 g/mol. The van der Waals surface area contributed by atoms with Crippen molar-refractivity contribution < 1.29 is 0 Å². The molecule has 1 saturated carbocycles. The molecule has 0 radical (unpaired) electrons. The normalized spacial score (nSPS) is 22.5. The Labute approximate surface area is 117 Å². The Balaban J connectivity index is 1.72. The van der Waals surface area contributed by atoms with Gasteiger partial charge in [-0.15, -0.1) is 0 Å². The molecular formula is C17H26N2. The minimum absolute atomic E-state index is 0.827. The molecule has 1 aliphatic heterocycles. The number of piperazine rings is 1. The van der Waals surface area contributed by atoms with Crippen LogP contribution in [-0.2, 0) is 6.54 Å². The Kier molecular flexibility index (Phi) is 4.52. The van der Waals surface area contributed by atoms with Gasteiger partial charge in [-0.25, -0.2) is 0 Å². The highest BCUT2D eigenvalue weighted by atomic mass is 15.2. The maximum absolute atomic E-state index is 3.44. The van der Waals surface area contributed by atoms with Gasteiger partial charge in [0.25, 0.3) is 0 Å². The van der Waals surface area contributed by atoms with Crippen LogP contribution in [0.3, 0.4) is 0 Å². The first-order valence-corrected chi connectivity index (χ1v) is 7.94. The van der Waals surface area contributed by atoms with E-state index in [9.17, 15) is 0 Å². The molecular weight excluding hydrogens is 232 g/mol. The number of hydrogen-bond donors (Lipinski definition) is 1. The standard InChI is InChI=1S/C17H26N2/c1-2-6-15(7-3-1)17-9-5-4-8-16(17)14-19-12-10-18-11-13-19/h4-5,8-9,15,18H,1-3,6-7,10-14H2. The molecule has 0 aromatic heterocycles. The quantitative estimate of drug-likeness (QED) is 0.896. The maximum Gasteiger partial charge on any atom is 0.0237 e. The second-order valence-electron chi connectivity index (χ2n) is 6.06. The van der Waals surface area contributed by atoms with Gasteiger partial charge in [-0.3, -0.25) is 4.90 Å². The van der Waals surface area contributed by atoms with Crippen molar-refractivity contribution in [3.05, 3.63) is 35.4 Å². The lowest BCUT2D eigenvalue weighted by molar-refractivity contribution is 0.232. The van der Waals surface area contributed by atoms with Crippen LogP contribution in [0, 0.1) is 0 Å². The van der Waals surface area contributed by atoms with Crippen molar-refractivity contribution in [2.75, 3.05) is 26.2 Å². The van der Waals surface area contributed by atoms with E-state index in [-0.39, 0.29) is 0 Å². The third-order valence-corrected chi connectivity index (χ3v) is 4.70. The first kappa shape index (κ1) is 13.1. The summed E-state index contributed by atoms with van der Waals surface area (Å²) >= 11 is 0. The summed E-state index contributed by atoms with van der Waals surface area (Å²) in [5.41, 5.74) is 3.22. The molecule has 2 aliphatic rings. The Morgan fingerprint density at radius 1 is 1.00 bits per heavy atom. The number of nitrogens with one attached hydrogen (secondary N) is 1. The van der Waals surface area contributed by atoms with Gasteiger partial charge in [0, 0.05) is 32.7 Å². The molecule has 2 nitrogen and oxygen atoms in total. The third-order valence-electron chi connectivity index (χ3n) is 4.70. The Morgan fingerprint density at radius 2 is 1.74 bits per heavy atom. The van der Waals surface area contributed by atoms with Gasteiger partial charge in [0.15, 0.2) is 0 Å². The molecule has 19 heavy (non-hydrogen) atoms. The van der Waals surface area contributed by atoms with Crippen LogP contribution in [-0.4, -0.2) is 31.1 Å². The van der Waals surface area contributed by atoms with Crippen molar-refractivity contribution in [3.63, 3.8) is 0 Å². The molecule has 0 unspecified atom stereocenters. The fourth-order valence-electron chi connectivity index (χ4n) is 3.60. The molecule has 2 heteroatoms. The van der Waals surface area contributed by atoms with Crippen molar-refractivity contribution in [2.45, 2.75) is 44.6 Å². The van der Waals surface area contributed by atoms with Crippen molar-refractivity contribution in [1.29, 1.82) is 0 Å². The average Bonchev–Trinajstić information content (AvgIpc) is 2.50. The van der Waals surface area contributed by atoms with Gasteiger partial charge >= 0.3 is 0 Å². The predicted molar refractivity (Wildman–Crippen MR) is 80.4 cm³/mol. The highest BCUT2D eigenvalue weighted by Crippen LogP contribution is 2.34. The van der Waals surface area contributed by atoms with Gasteiger partial charge in [0.05, 0.1) is 0 Å². The molecule has 1 aromatic carbocycles. The molecule has 1 saturated heterocycles. The second-order valence-corrected chi connectivity index (χ2v) is 6.06. The number of nitrogens with zero attached hydrogens (tertiary/aromatic N) is 1. The van der Waals surface area contributed by atoms with E-state index in [1.54, 1.807) is 11.1 Å². The van der Waals surface area contributed by atoms with Crippen LogP contribution < -0.4 is 5.32 Å². The minimum Gasteiger partial charge on any atom is -0.314 e. The van der Waals surface area contributed by atoms with Gasteiger partial charge in [-0.1, -0.05) is 43.5 Å². The van der Waals surface area contributed by atoms with Crippen LogP contribution in [0.5, 0.6) is 0 Å². The maximum atomic E-state index is 3.44. The lowest BCUT2D eigenvalue weighted by Gasteiger charge is -2.30. The molecule has 1 heterocycles. The van der Waals surface area contributed by atoms with Crippen LogP contribution in [0.4, 0.5) is 0 Å². The third kappa shape index (κ3) is 3.37. The van der Waals surface area contributed by atoms with Crippen LogP contribution >= 0.6 is 0 Å². The van der Waals surface area contributed by atoms with E-state index in [2.05, 4.69) is 34.5 Å². The fourth-order valence-corrected chi connectivity index (χ4v) is 3.60. The van der Waals surface area contributed by atoms with E-state index in [1.807, 2.05) is 0 Å². The first-order valence-electron chi connectivity index (χ1n) is 7.94. The molecule has 1 N–H and O–H groups in total. The number of hydrogen-bond acceptors (Lipinski definition) is 2. The van der Waals surface area contributed by atoms with E-state index >= 15 is 0 Å². The summed E-state index contributed by atoms with van der Waals surface area (Å²) in [7, 11) is 0. The van der Waals surface area contributed by atoms with Crippen molar-refractivity contribution in [2.24, 2.45) is 0 Å². The molecule has 3 rings (SSSR count). The summed E-state index contributed by atoms with van der Waals surface area (Å²) in [4.78, 5) is 2.60. The summed E-state index contributed by atoms with van der Waals surface area (Å²) < 4.78 is 0. The van der Waals surface area contributed by atoms with Crippen LogP contribution in [0.1, 0.15) is 49.1 Å². The van der Waals surface area contributed by atoms with Crippen LogP contribution in [0.15, 0.2) is 24.3 Å². The minimum atomic E-state index is 0.827.